The Kier molecular flexibility index (Phi) is 4.94. The molecule has 1 fully saturated rings. The highest BCUT2D eigenvalue weighted by Gasteiger charge is 2.23. The molecule has 0 spiro atoms. The van der Waals surface area contributed by atoms with E-state index in [1.54, 1.807) is 22.7 Å². The van der Waals surface area contributed by atoms with Crippen LogP contribution >= 0.6 is 11.6 Å². The molecule has 3 aromatic heterocycles. The summed E-state index contributed by atoms with van der Waals surface area (Å²) in [6.45, 7) is 4.70. The Labute approximate surface area is 181 Å². The fourth-order valence-corrected chi connectivity index (χ4v) is 3.65. The third-order valence-corrected chi connectivity index (χ3v) is 5.13. The van der Waals surface area contributed by atoms with Crippen LogP contribution in [0.25, 0.3) is 5.78 Å². The van der Waals surface area contributed by atoms with Gasteiger partial charge in [-0.15, -0.1) is 0 Å². The van der Waals surface area contributed by atoms with E-state index in [0.717, 1.165) is 24.6 Å². The van der Waals surface area contributed by atoms with E-state index in [-0.39, 0.29) is 16.9 Å². The molecule has 0 unspecified atom stereocenters. The van der Waals surface area contributed by atoms with Gasteiger partial charge in [0.1, 0.15) is 18.0 Å². The average molecular weight is 441 g/mol. The summed E-state index contributed by atoms with van der Waals surface area (Å²) in [6, 6.07) is 8.29. The predicted octanol–water partition coefficient (Wildman–Crippen LogP) is 2.48. The zero-order valence-corrected chi connectivity index (χ0v) is 17.3. The standard InChI is InChI=1S/C19H18ClFN10/c1-12-10-15(31-18(24-12)22-11-23-31)29-6-8-30(9-7-29)19-27-16(20)26-17(28-19)25-14-5-3-2-4-13(14)21/h2-5,10-11H,6-9H2,1H3,(H,25,26,27,28). The second-order valence-electron chi connectivity index (χ2n) is 7.03. The lowest BCUT2D eigenvalue weighted by Crippen LogP contribution is -2.47. The molecule has 10 nitrogen and oxygen atoms in total. The molecule has 1 aromatic carbocycles. The lowest BCUT2D eigenvalue weighted by Gasteiger charge is -2.35. The van der Waals surface area contributed by atoms with Crippen molar-refractivity contribution in [2.24, 2.45) is 0 Å². The molecule has 0 amide bonds. The molecule has 0 atom stereocenters. The molecule has 12 heteroatoms. The third-order valence-electron chi connectivity index (χ3n) is 4.96. The second kappa shape index (κ2) is 7.91. The summed E-state index contributed by atoms with van der Waals surface area (Å²) in [4.78, 5) is 25.6. The summed E-state index contributed by atoms with van der Waals surface area (Å²) < 4.78 is 15.7. The van der Waals surface area contributed by atoms with Crippen LogP contribution in [0.2, 0.25) is 5.28 Å². The molecule has 158 valence electrons. The molecule has 0 bridgehead atoms. The van der Waals surface area contributed by atoms with E-state index >= 15 is 0 Å². The Balaban J connectivity index is 1.34. The number of benzene rings is 1. The molecule has 31 heavy (non-hydrogen) atoms. The first-order valence-corrected chi connectivity index (χ1v) is 10.0. The Hall–Kier alpha value is -3.60. The molecule has 4 aromatic rings. The number of fused-ring (bicyclic) bond motifs is 1. The Morgan fingerprint density at radius 2 is 1.77 bits per heavy atom. The van der Waals surface area contributed by atoms with Gasteiger partial charge in [-0.3, -0.25) is 0 Å². The van der Waals surface area contributed by atoms with Gasteiger partial charge < -0.3 is 15.1 Å². The first-order valence-electron chi connectivity index (χ1n) is 9.67. The number of nitrogens with zero attached hydrogens (tertiary/aromatic N) is 9. The summed E-state index contributed by atoms with van der Waals surface area (Å²) in [6.07, 6.45) is 1.50. The van der Waals surface area contributed by atoms with Crippen molar-refractivity contribution in [2.75, 3.05) is 41.3 Å². The van der Waals surface area contributed by atoms with E-state index in [1.165, 1.54) is 12.4 Å². The van der Waals surface area contributed by atoms with E-state index in [2.05, 4.69) is 40.2 Å². The van der Waals surface area contributed by atoms with Gasteiger partial charge in [0.05, 0.1) is 5.69 Å². The molecule has 0 saturated carbocycles. The molecule has 0 aliphatic carbocycles. The number of piperazine rings is 1. The summed E-state index contributed by atoms with van der Waals surface area (Å²) in [7, 11) is 0. The van der Waals surface area contributed by atoms with Gasteiger partial charge in [0, 0.05) is 37.9 Å². The third kappa shape index (κ3) is 3.91. The number of hydrogen-bond acceptors (Lipinski definition) is 9. The topological polar surface area (TPSA) is 100 Å². The van der Waals surface area contributed by atoms with Crippen LogP contribution in [0.1, 0.15) is 5.69 Å². The molecular formula is C19H18ClFN10. The maximum atomic E-state index is 14.0. The quantitative estimate of drug-likeness (QED) is 0.512. The molecular weight excluding hydrogens is 423 g/mol. The van der Waals surface area contributed by atoms with Crippen molar-refractivity contribution >= 4 is 40.8 Å². The van der Waals surface area contributed by atoms with Crippen LogP contribution in [-0.4, -0.2) is 60.7 Å². The number of rotatable bonds is 4. The van der Waals surface area contributed by atoms with Crippen molar-refractivity contribution in [2.45, 2.75) is 6.92 Å². The van der Waals surface area contributed by atoms with Crippen molar-refractivity contribution in [3.63, 3.8) is 0 Å². The molecule has 1 aliphatic heterocycles. The molecule has 1 N–H and O–H groups in total. The zero-order valence-electron chi connectivity index (χ0n) is 16.6. The van der Waals surface area contributed by atoms with Crippen LogP contribution < -0.4 is 15.1 Å². The number of para-hydroxylation sites is 1. The van der Waals surface area contributed by atoms with Crippen LogP contribution in [0.4, 0.5) is 27.8 Å². The van der Waals surface area contributed by atoms with Crippen LogP contribution in [0.3, 0.4) is 0 Å². The van der Waals surface area contributed by atoms with Crippen molar-refractivity contribution in [3.8, 4) is 0 Å². The fourth-order valence-electron chi connectivity index (χ4n) is 3.49. The van der Waals surface area contributed by atoms with E-state index < -0.39 is 5.82 Å². The number of nitrogens with one attached hydrogen (secondary N) is 1. The number of aromatic nitrogens is 7. The maximum Gasteiger partial charge on any atom is 0.254 e. The Morgan fingerprint density at radius 3 is 2.58 bits per heavy atom. The zero-order chi connectivity index (χ0) is 21.4. The smallest absolute Gasteiger partial charge is 0.254 e. The van der Waals surface area contributed by atoms with Crippen molar-refractivity contribution in [3.05, 3.63) is 53.5 Å². The van der Waals surface area contributed by atoms with E-state index in [9.17, 15) is 4.39 Å². The fraction of sp³-hybridized carbons (Fsp3) is 0.263. The van der Waals surface area contributed by atoms with Crippen LogP contribution in [-0.2, 0) is 0 Å². The van der Waals surface area contributed by atoms with Crippen LogP contribution in [0.5, 0.6) is 0 Å². The minimum atomic E-state index is -0.402. The van der Waals surface area contributed by atoms with E-state index in [0.29, 0.717) is 24.8 Å². The van der Waals surface area contributed by atoms with Crippen LogP contribution in [0, 0.1) is 12.7 Å². The average Bonchev–Trinajstić information content (AvgIpc) is 3.23. The lowest BCUT2D eigenvalue weighted by atomic mass is 10.3. The van der Waals surface area contributed by atoms with Gasteiger partial charge in [0.15, 0.2) is 0 Å². The molecule has 1 saturated heterocycles. The normalized spacial score (nSPS) is 14.3. The molecule has 0 radical (unpaired) electrons. The molecule has 1 aliphatic rings. The highest BCUT2D eigenvalue weighted by Crippen LogP contribution is 2.22. The number of halogens is 2. The summed E-state index contributed by atoms with van der Waals surface area (Å²) >= 11 is 6.11. The van der Waals surface area contributed by atoms with Gasteiger partial charge in [-0.05, 0) is 30.7 Å². The largest absolute Gasteiger partial charge is 0.353 e. The van der Waals surface area contributed by atoms with E-state index in [1.807, 2.05) is 17.9 Å². The van der Waals surface area contributed by atoms with Crippen molar-refractivity contribution in [1.82, 2.24) is 34.5 Å². The molecule has 5 rings (SSSR count). The minimum Gasteiger partial charge on any atom is -0.353 e. The number of anilines is 4. The number of hydrogen-bond donors (Lipinski definition) is 1. The second-order valence-corrected chi connectivity index (χ2v) is 7.37. The Morgan fingerprint density at radius 1 is 1.00 bits per heavy atom. The summed E-state index contributed by atoms with van der Waals surface area (Å²) in [5.41, 5.74) is 1.15. The van der Waals surface area contributed by atoms with Gasteiger partial charge >= 0.3 is 0 Å². The number of aryl methyl sites for hydroxylation is 1. The van der Waals surface area contributed by atoms with Gasteiger partial charge in [-0.2, -0.15) is 29.5 Å². The lowest BCUT2D eigenvalue weighted by molar-refractivity contribution is 0.625. The summed E-state index contributed by atoms with van der Waals surface area (Å²) in [5, 5.41) is 7.19. The highest BCUT2D eigenvalue weighted by molar-refractivity contribution is 6.28. The van der Waals surface area contributed by atoms with Crippen LogP contribution in [0.15, 0.2) is 36.7 Å². The Bertz CT molecular complexity index is 1240. The highest BCUT2D eigenvalue weighted by atomic mass is 35.5. The SMILES string of the molecule is Cc1cc(N2CCN(c3nc(Cl)nc(Nc4ccccc4F)n3)CC2)n2ncnc2n1. The van der Waals surface area contributed by atoms with Gasteiger partial charge in [0.2, 0.25) is 17.2 Å². The van der Waals surface area contributed by atoms with Gasteiger partial charge in [-0.25, -0.2) is 9.37 Å². The predicted molar refractivity (Wildman–Crippen MR) is 114 cm³/mol. The van der Waals surface area contributed by atoms with E-state index in [4.69, 9.17) is 11.6 Å². The van der Waals surface area contributed by atoms with Crippen molar-refractivity contribution in [1.29, 1.82) is 0 Å². The maximum absolute atomic E-state index is 14.0. The van der Waals surface area contributed by atoms with Crippen molar-refractivity contribution < 1.29 is 4.39 Å². The van der Waals surface area contributed by atoms with Gasteiger partial charge in [-0.1, -0.05) is 12.1 Å². The first kappa shape index (κ1) is 19.4. The van der Waals surface area contributed by atoms with Gasteiger partial charge in [0.25, 0.3) is 5.78 Å². The molecule has 4 heterocycles. The minimum absolute atomic E-state index is 0.0420. The first-order chi connectivity index (χ1) is 15.1. The summed E-state index contributed by atoms with van der Waals surface area (Å²) in [5.74, 6) is 1.74. The monoisotopic (exact) mass is 440 g/mol.